The SMILES string of the molecule is CC(=O)N1N=C(c2cc(F)ccc2F)C[C@@]1(CCCN1CC2CC1CO2)c1ccccc1. The van der Waals surface area contributed by atoms with E-state index < -0.39 is 17.2 Å². The molecule has 2 bridgehead atoms. The molecular weight excluding hydrogens is 412 g/mol. The highest BCUT2D eigenvalue weighted by Gasteiger charge is 2.47. The number of likely N-dealkylation sites (tertiary alicyclic amines) is 1. The smallest absolute Gasteiger partial charge is 0.240 e. The van der Waals surface area contributed by atoms with Crippen molar-refractivity contribution in [3.8, 4) is 0 Å². The van der Waals surface area contributed by atoms with Crippen LogP contribution in [-0.4, -0.2) is 53.4 Å². The summed E-state index contributed by atoms with van der Waals surface area (Å²) in [6, 6.07) is 13.6. The molecule has 0 spiro atoms. The molecule has 2 aromatic rings. The number of nitrogens with zero attached hydrogens (tertiary/aromatic N) is 3. The second-order valence-electron chi connectivity index (χ2n) is 9.02. The van der Waals surface area contributed by atoms with Crippen LogP contribution in [0.25, 0.3) is 0 Å². The van der Waals surface area contributed by atoms with Gasteiger partial charge in [-0.1, -0.05) is 30.3 Å². The van der Waals surface area contributed by atoms with Crippen LogP contribution in [0, 0.1) is 11.6 Å². The molecule has 3 heterocycles. The van der Waals surface area contributed by atoms with Crippen LogP contribution < -0.4 is 0 Å². The summed E-state index contributed by atoms with van der Waals surface area (Å²) in [6.07, 6.45) is 3.31. The number of halogens is 2. The van der Waals surface area contributed by atoms with E-state index in [0.717, 1.165) is 56.3 Å². The van der Waals surface area contributed by atoms with Crippen molar-refractivity contribution < 1.29 is 18.3 Å². The number of amides is 1. The maximum absolute atomic E-state index is 14.6. The van der Waals surface area contributed by atoms with Crippen LogP contribution in [0.2, 0.25) is 0 Å². The summed E-state index contributed by atoms with van der Waals surface area (Å²) in [5.74, 6) is -1.28. The molecule has 0 saturated carbocycles. The number of hydrogen-bond donors (Lipinski definition) is 0. The molecule has 2 saturated heterocycles. The maximum Gasteiger partial charge on any atom is 0.240 e. The van der Waals surface area contributed by atoms with E-state index in [4.69, 9.17) is 4.74 Å². The lowest BCUT2D eigenvalue weighted by atomic mass is 9.80. The first-order valence-corrected chi connectivity index (χ1v) is 11.2. The Morgan fingerprint density at radius 3 is 2.72 bits per heavy atom. The quantitative estimate of drug-likeness (QED) is 0.682. The molecule has 5 nitrogen and oxygen atoms in total. The molecule has 32 heavy (non-hydrogen) atoms. The van der Waals surface area contributed by atoms with Crippen molar-refractivity contribution in [3.05, 3.63) is 71.3 Å². The second-order valence-corrected chi connectivity index (χ2v) is 9.02. The van der Waals surface area contributed by atoms with Crippen molar-refractivity contribution >= 4 is 11.6 Å². The van der Waals surface area contributed by atoms with Gasteiger partial charge in [0, 0.05) is 31.5 Å². The second kappa shape index (κ2) is 8.37. The summed E-state index contributed by atoms with van der Waals surface area (Å²) >= 11 is 0. The van der Waals surface area contributed by atoms with Gasteiger partial charge in [0.2, 0.25) is 5.91 Å². The van der Waals surface area contributed by atoms with E-state index in [9.17, 15) is 13.6 Å². The van der Waals surface area contributed by atoms with Crippen LogP contribution >= 0.6 is 0 Å². The van der Waals surface area contributed by atoms with Crippen molar-refractivity contribution in [3.63, 3.8) is 0 Å². The van der Waals surface area contributed by atoms with E-state index in [1.165, 1.54) is 11.9 Å². The van der Waals surface area contributed by atoms with Gasteiger partial charge in [0.1, 0.15) is 11.6 Å². The van der Waals surface area contributed by atoms with Crippen LogP contribution in [0.3, 0.4) is 0 Å². The van der Waals surface area contributed by atoms with Gasteiger partial charge in [0.25, 0.3) is 0 Å². The van der Waals surface area contributed by atoms with E-state index in [-0.39, 0.29) is 11.5 Å². The molecule has 0 aromatic heterocycles. The summed E-state index contributed by atoms with van der Waals surface area (Å²) in [4.78, 5) is 15.2. The highest BCUT2D eigenvalue weighted by molar-refractivity contribution is 6.03. The molecular formula is C25H27F2N3O2. The van der Waals surface area contributed by atoms with E-state index in [1.807, 2.05) is 30.3 Å². The van der Waals surface area contributed by atoms with E-state index in [2.05, 4.69) is 10.0 Å². The topological polar surface area (TPSA) is 45.1 Å². The first-order chi connectivity index (χ1) is 15.5. The van der Waals surface area contributed by atoms with Gasteiger partial charge in [0.05, 0.1) is 24.0 Å². The number of hydrazone groups is 1. The number of ether oxygens (including phenoxy) is 1. The molecule has 3 atom stereocenters. The summed E-state index contributed by atoms with van der Waals surface area (Å²) in [5.41, 5.74) is 0.742. The van der Waals surface area contributed by atoms with E-state index >= 15 is 0 Å². The number of fused-ring (bicyclic) bond motifs is 2. The van der Waals surface area contributed by atoms with Gasteiger partial charge in [-0.3, -0.25) is 9.69 Å². The predicted octanol–water partition coefficient (Wildman–Crippen LogP) is 4.07. The third-order valence-corrected chi connectivity index (χ3v) is 6.98. The van der Waals surface area contributed by atoms with Crippen molar-refractivity contribution in [1.82, 2.24) is 9.91 Å². The Morgan fingerprint density at radius 1 is 1.22 bits per heavy atom. The van der Waals surface area contributed by atoms with Crippen molar-refractivity contribution in [2.75, 3.05) is 19.7 Å². The van der Waals surface area contributed by atoms with Gasteiger partial charge in [0.15, 0.2) is 0 Å². The zero-order valence-corrected chi connectivity index (χ0v) is 18.1. The Morgan fingerprint density at radius 2 is 2.03 bits per heavy atom. The highest BCUT2D eigenvalue weighted by atomic mass is 19.1. The van der Waals surface area contributed by atoms with Crippen LogP contribution in [-0.2, 0) is 15.1 Å². The zero-order chi connectivity index (χ0) is 22.3. The lowest BCUT2D eigenvalue weighted by Crippen LogP contribution is -2.44. The third-order valence-electron chi connectivity index (χ3n) is 6.98. The Bertz CT molecular complexity index is 1040. The average molecular weight is 440 g/mol. The van der Waals surface area contributed by atoms with Crippen LogP contribution in [0.1, 0.15) is 43.7 Å². The molecule has 2 aromatic carbocycles. The van der Waals surface area contributed by atoms with Gasteiger partial charge < -0.3 is 4.74 Å². The fourth-order valence-corrected chi connectivity index (χ4v) is 5.48. The molecule has 7 heteroatoms. The fourth-order valence-electron chi connectivity index (χ4n) is 5.48. The third kappa shape index (κ3) is 3.73. The Balaban J connectivity index is 1.45. The molecule has 1 amide bonds. The largest absolute Gasteiger partial charge is 0.375 e. The van der Waals surface area contributed by atoms with Gasteiger partial charge in [-0.15, -0.1) is 0 Å². The fraction of sp³-hybridized carbons (Fsp3) is 0.440. The van der Waals surface area contributed by atoms with E-state index in [0.29, 0.717) is 30.7 Å². The Labute approximate surface area is 186 Å². The standard InChI is InChI=1S/C25H27F2N3O2/c1-17(31)30-25(18-6-3-2-4-7-18,10-5-11-29-15-21-13-20(29)16-32-21)14-24(28-30)22-12-19(26)8-9-23(22)27/h2-4,6-9,12,20-21H,5,10-11,13-16H2,1H3/t20?,21?,25-/m0/s1. The van der Waals surface area contributed by atoms with Gasteiger partial charge in [-0.2, -0.15) is 5.10 Å². The lowest BCUT2D eigenvalue weighted by molar-refractivity contribution is -0.135. The Kier molecular flexibility index (Phi) is 5.55. The summed E-state index contributed by atoms with van der Waals surface area (Å²) < 4.78 is 34.2. The summed E-state index contributed by atoms with van der Waals surface area (Å²) in [5, 5.41) is 6.03. The molecule has 0 aliphatic carbocycles. The summed E-state index contributed by atoms with van der Waals surface area (Å²) in [6.45, 7) is 4.13. The predicted molar refractivity (Wildman–Crippen MR) is 117 cm³/mol. The molecule has 0 radical (unpaired) electrons. The minimum atomic E-state index is -0.726. The number of hydrogen-bond acceptors (Lipinski definition) is 4. The average Bonchev–Trinajstić information content (AvgIpc) is 3.51. The minimum Gasteiger partial charge on any atom is -0.375 e. The Hall–Kier alpha value is -2.64. The molecule has 5 rings (SSSR count). The molecule has 0 N–H and O–H groups in total. The van der Waals surface area contributed by atoms with Crippen LogP contribution in [0.5, 0.6) is 0 Å². The minimum absolute atomic E-state index is 0.114. The first kappa shape index (κ1) is 21.2. The maximum atomic E-state index is 14.6. The van der Waals surface area contributed by atoms with Crippen LogP contribution in [0.15, 0.2) is 53.6 Å². The first-order valence-electron chi connectivity index (χ1n) is 11.2. The van der Waals surface area contributed by atoms with Gasteiger partial charge in [-0.05, 0) is 49.6 Å². The van der Waals surface area contributed by atoms with Crippen molar-refractivity contribution in [2.45, 2.75) is 50.3 Å². The number of carbonyl (C=O) groups is 1. The van der Waals surface area contributed by atoms with Crippen LogP contribution in [0.4, 0.5) is 8.78 Å². The lowest BCUT2D eigenvalue weighted by Gasteiger charge is -2.37. The van der Waals surface area contributed by atoms with Crippen molar-refractivity contribution in [1.29, 1.82) is 0 Å². The van der Waals surface area contributed by atoms with Gasteiger partial charge in [-0.25, -0.2) is 13.8 Å². The molecule has 3 aliphatic heterocycles. The highest BCUT2D eigenvalue weighted by Crippen LogP contribution is 2.43. The molecule has 2 fully saturated rings. The molecule has 168 valence electrons. The number of rotatable bonds is 6. The number of morpholine rings is 1. The summed E-state index contributed by atoms with van der Waals surface area (Å²) in [7, 11) is 0. The number of carbonyl (C=O) groups excluding carboxylic acids is 1. The van der Waals surface area contributed by atoms with Gasteiger partial charge >= 0.3 is 0 Å². The number of benzene rings is 2. The van der Waals surface area contributed by atoms with Crippen molar-refractivity contribution in [2.24, 2.45) is 5.10 Å². The monoisotopic (exact) mass is 439 g/mol. The zero-order valence-electron chi connectivity index (χ0n) is 18.1. The molecule has 3 aliphatic rings. The normalized spacial score (nSPS) is 27.2. The van der Waals surface area contributed by atoms with E-state index in [1.54, 1.807) is 0 Å². The molecule has 2 unspecified atom stereocenters.